The summed E-state index contributed by atoms with van der Waals surface area (Å²) in [5, 5.41) is 0.154. The third kappa shape index (κ3) is 3.06. The maximum atomic E-state index is 12.8. The predicted molar refractivity (Wildman–Crippen MR) is 84.8 cm³/mol. The molecule has 0 spiro atoms. The van der Waals surface area contributed by atoms with Gasteiger partial charge in [-0.05, 0) is 23.1 Å². The maximum Gasteiger partial charge on any atom is 0.235 e. The van der Waals surface area contributed by atoms with Gasteiger partial charge in [0.1, 0.15) is 0 Å². The van der Waals surface area contributed by atoms with Crippen LogP contribution in [-0.4, -0.2) is 12.1 Å². The van der Waals surface area contributed by atoms with Crippen molar-refractivity contribution in [2.24, 2.45) is 0 Å². The molecule has 3 heteroatoms. The number of rotatable bonds is 3. The Balaban J connectivity index is 2.59. The van der Waals surface area contributed by atoms with Gasteiger partial charge >= 0.3 is 0 Å². The fraction of sp³-hybridized carbons (Fsp3) is 0.222. The maximum absolute atomic E-state index is 12.8. The standard InChI is InChI=1S/C18H16ClO2/c1-18(2,3)15-10-5-4-8-13(15)17(21)14-9-6-7-12(11-20)16(14)19/h4-10H,1-3H3. The van der Waals surface area contributed by atoms with Crippen LogP contribution in [-0.2, 0) is 10.2 Å². The Kier molecular flexibility index (Phi) is 4.29. The second-order valence-corrected chi connectivity index (χ2v) is 6.27. The molecule has 0 aliphatic rings. The summed E-state index contributed by atoms with van der Waals surface area (Å²) < 4.78 is 0. The van der Waals surface area contributed by atoms with Crippen LogP contribution in [0.2, 0.25) is 5.02 Å². The van der Waals surface area contributed by atoms with Gasteiger partial charge in [0.25, 0.3) is 0 Å². The molecule has 0 bridgehead atoms. The van der Waals surface area contributed by atoms with Crippen LogP contribution in [0, 0.1) is 0 Å². The van der Waals surface area contributed by atoms with Gasteiger partial charge in [0.2, 0.25) is 6.29 Å². The molecule has 0 N–H and O–H groups in total. The summed E-state index contributed by atoms with van der Waals surface area (Å²) >= 11 is 6.14. The van der Waals surface area contributed by atoms with Crippen molar-refractivity contribution in [2.75, 3.05) is 0 Å². The van der Waals surface area contributed by atoms with E-state index in [1.807, 2.05) is 18.2 Å². The van der Waals surface area contributed by atoms with E-state index in [4.69, 9.17) is 11.6 Å². The van der Waals surface area contributed by atoms with Gasteiger partial charge in [-0.15, -0.1) is 0 Å². The van der Waals surface area contributed by atoms with Crippen LogP contribution in [0.1, 0.15) is 47.8 Å². The first-order chi connectivity index (χ1) is 9.86. The van der Waals surface area contributed by atoms with Gasteiger partial charge in [-0.1, -0.05) is 62.7 Å². The highest BCUT2D eigenvalue weighted by Gasteiger charge is 2.23. The average Bonchev–Trinajstić information content (AvgIpc) is 2.46. The van der Waals surface area contributed by atoms with E-state index >= 15 is 0 Å². The highest BCUT2D eigenvalue weighted by molar-refractivity contribution is 6.37. The molecule has 2 aromatic rings. The number of benzene rings is 2. The minimum Gasteiger partial charge on any atom is -0.289 e. The average molecular weight is 300 g/mol. The van der Waals surface area contributed by atoms with Gasteiger partial charge in [0.05, 0.1) is 5.02 Å². The van der Waals surface area contributed by atoms with Crippen molar-refractivity contribution in [1.82, 2.24) is 0 Å². The molecule has 0 aromatic heterocycles. The van der Waals surface area contributed by atoms with Crippen LogP contribution in [0.25, 0.3) is 0 Å². The van der Waals surface area contributed by atoms with Crippen molar-refractivity contribution in [3.63, 3.8) is 0 Å². The fourth-order valence-electron chi connectivity index (χ4n) is 2.27. The lowest BCUT2D eigenvalue weighted by Crippen LogP contribution is -2.17. The Labute approximate surface area is 129 Å². The predicted octanol–water partition coefficient (Wildman–Crippen LogP) is 4.33. The lowest BCUT2D eigenvalue weighted by atomic mass is 9.82. The van der Waals surface area contributed by atoms with Crippen LogP contribution in [0.4, 0.5) is 0 Å². The highest BCUT2D eigenvalue weighted by atomic mass is 35.5. The first kappa shape index (κ1) is 15.5. The SMILES string of the molecule is CC(C)(C)c1ccccc1C(=O)c1cccc([C]=O)c1Cl. The largest absolute Gasteiger partial charge is 0.289 e. The third-order valence-electron chi connectivity index (χ3n) is 3.33. The van der Waals surface area contributed by atoms with E-state index in [1.165, 1.54) is 0 Å². The number of halogens is 1. The first-order valence-electron chi connectivity index (χ1n) is 6.67. The molecule has 2 nitrogen and oxygen atoms in total. The Morgan fingerprint density at radius 3 is 2.24 bits per heavy atom. The first-order valence-corrected chi connectivity index (χ1v) is 7.05. The number of carbonyl (C=O) groups is 1. The molecule has 21 heavy (non-hydrogen) atoms. The van der Waals surface area contributed by atoms with Crippen molar-refractivity contribution in [2.45, 2.75) is 26.2 Å². The van der Waals surface area contributed by atoms with Crippen LogP contribution >= 0.6 is 11.6 Å². The van der Waals surface area contributed by atoms with E-state index in [-0.39, 0.29) is 21.8 Å². The van der Waals surface area contributed by atoms with Crippen LogP contribution in [0.3, 0.4) is 0 Å². The molecule has 0 aliphatic heterocycles. The number of carbonyl (C=O) groups excluding carboxylic acids is 2. The molecule has 0 saturated carbocycles. The van der Waals surface area contributed by atoms with E-state index in [0.29, 0.717) is 11.1 Å². The molecule has 0 amide bonds. The Morgan fingerprint density at radius 2 is 1.62 bits per heavy atom. The van der Waals surface area contributed by atoms with Crippen LogP contribution < -0.4 is 0 Å². The molecule has 0 heterocycles. The summed E-state index contributed by atoms with van der Waals surface area (Å²) in [5.74, 6) is -0.178. The van der Waals surface area contributed by atoms with Crippen molar-refractivity contribution in [3.8, 4) is 0 Å². The molecule has 107 valence electrons. The van der Waals surface area contributed by atoms with E-state index in [0.717, 1.165) is 5.56 Å². The van der Waals surface area contributed by atoms with E-state index in [1.54, 1.807) is 30.6 Å². The highest BCUT2D eigenvalue weighted by Crippen LogP contribution is 2.29. The molecule has 2 rings (SSSR count). The monoisotopic (exact) mass is 299 g/mol. The minimum absolute atomic E-state index is 0.154. The summed E-state index contributed by atoms with van der Waals surface area (Å²) in [6.07, 6.45) is 1.75. The van der Waals surface area contributed by atoms with Crippen molar-refractivity contribution in [3.05, 3.63) is 69.7 Å². The van der Waals surface area contributed by atoms with Gasteiger partial charge in [0.15, 0.2) is 5.78 Å². The number of ketones is 1. The molecular weight excluding hydrogens is 284 g/mol. The van der Waals surface area contributed by atoms with Gasteiger partial charge in [-0.3, -0.25) is 9.59 Å². The fourth-order valence-corrected chi connectivity index (χ4v) is 2.52. The summed E-state index contributed by atoms with van der Waals surface area (Å²) in [4.78, 5) is 23.6. The molecule has 2 aromatic carbocycles. The Bertz CT molecular complexity index is 697. The quantitative estimate of drug-likeness (QED) is 0.791. The zero-order chi connectivity index (χ0) is 15.6. The third-order valence-corrected chi connectivity index (χ3v) is 3.74. The van der Waals surface area contributed by atoms with E-state index < -0.39 is 0 Å². The van der Waals surface area contributed by atoms with Crippen molar-refractivity contribution in [1.29, 1.82) is 0 Å². The van der Waals surface area contributed by atoms with Gasteiger partial charge in [0, 0.05) is 16.7 Å². The topological polar surface area (TPSA) is 34.1 Å². The smallest absolute Gasteiger partial charge is 0.235 e. The van der Waals surface area contributed by atoms with Crippen LogP contribution in [0.15, 0.2) is 42.5 Å². The zero-order valence-electron chi connectivity index (χ0n) is 12.2. The van der Waals surface area contributed by atoms with Crippen molar-refractivity contribution < 1.29 is 9.59 Å². The molecule has 0 atom stereocenters. The molecular formula is C18H16ClO2. The summed E-state index contributed by atoms with van der Waals surface area (Å²) in [6, 6.07) is 12.3. The lowest BCUT2D eigenvalue weighted by Gasteiger charge is -2.22. The lowest BCUT2D eigenvalue weighted by molar-refractivity contribution is 0.103. The summed E-state index contributed by atoms with van der Waals surface area (Å²) in [5.41, 5.74) is 1.93. The molecule has 1 radical (unpaired) electrons. The van der Waals surface area contributed by atoms with Crippen LogP contribution in [0.5, 0.6) is 0 Å². The summed E-state index contributed by atoms with van der Waals surface area (Å²) in [6.45, 7) is 6.16. The molecule has 0 aliphatic carbocycles. The van der Waals surface area contributed by atoms with Gasteiger partial charge in [-0.25, -0.2) is 0 Å². The normalized spacial score (nSPS) is 11.2. The van der Waals surface area contributed by atoms with Crippen molar-refractivity contribution >= 4 is 23.7 Å². The second-order valence-electron chi connectivity index (χ2n) is 5.89. The molecule has 0 unspecified atom stereocenters. The minimum atomic E-state index is -0.178. The zero-order valence-corrected chi connectivity index (χ0v) is 13.0. The number of hydrogen-bond acceptors (Lipinski definition) is 2. The van der Waals surface area contributed by atoms with Gasteiger partial charge in [-0.2, -0.15) is 0 Å². The Hall–Kier alpha value is -1.93. The Morgan fingerprint density at radius 1 is 1.00 bits per heavy atom. The summed E-state index contributed by atoms with van der Waals surface area (Å²) in [7, 11) is 0. The second kappa shape index (κ2) is 5.82. The molecule has 0 fully saturated rings. The van der Waals surface area contributed by atoms with E-state index in [2.05, 4.69) is 20.8 Å². The van der Waals surface area contributed by atoms with Gasteiger partial charge < -0.3 is 0 Å². The molecule has 0 saturated heterocycles. The number of hydrogen-bond donors (Lipinski definition) is 0. The van der Waals surface area contributed by atoms with E-state index in [9.17, 15) is 9.59 Å².